The van der Waals surface area contributed by atoms with Crippen LogP contribution < -0.4 is 18.9 Å². The summed E-state index contributed by atoms with van der Waals surface area (Å²) in [6, 6.07) is 25.5. The average molecular weight is 1370 g/mol. The molecule has 0 bridgehead atoms. The second-order valence-electron chi connectivity index (χ2n) is 29.1. The molecule has 100 heavy (non-hydrogen) atoms. The van der Waals surface area contributed by atoms with Crippen molar-refractivity contribution in [2.45, 2.75) is 264 Å². The van der Waals surface area contributed by atoms with Crippen LogP contribution in [0.5, 0.6) is 46.0 Å². The van der Waals surface area contributed by atoms with E-state index < -0.39 is 23.9 Å². The zero-order valence-corrected chi connectivity index (χ0v) is 63.2. The highest BCUT2D eigenvalue weighted by molar-refractivity contribution is 6.31. The number of ether oxygens (including phenoxy) is 4. The van der Waals surface area contributed by atoms with Crippen LogP contribution in [0.25, 0.3) is 33.4 Å². The van der Waals surface area contributed by atoms with Crippen molar-refractivity contribution < 1.29 is 58.6 Å². The molecule has 0 aliphatic heterocycles. The summed E-state index contributed by atoms with van der Waals surface area (Å²) in [5, 5.41) is 45.0. The summed E-state index contributed by atoms with van der Waals surface area (Å²) < 4.78 is 23.2. The Balaban J connectivity index is 0.000000361. The van der Waals surface area contributed by atoms with Crippen LogP contribution in [-0.2, 0) is 57.7 Å². The van der Waals surface area contributed by atoms with E-state index in [0.29, 0.717) is 82.7 Å². The average Bonchev–Trinajstić information content (AvgIpc) is 0.787. The van der Waals surface area contributed by atoms with Gasteiger partial charge in [-0.3, -0.25) is 0 Å². The van der Waals surface area contributed by atoms with Crippen molar-refractivity contribution in [2.75, 3.05) is 0 Å². The van der Waals surface area contributed by atoms with Crippen LogP contribution in [0.3, 0.4) is 0 Å². The first-order valence-corrected chi connectivity index (χ1v) is 37.5. The molecule has 2 atom stereocenters. The summed E-state index contributed by atoms with van der Waals surface area (Å²) in [6.07, 6.45) is 24.2. The molecule has 0 saturated heterocycles. The van der Waals surface area contributed by atoms with E-state index in [1.807, 2.05) is 64.1 Å². The molecule has 0 aliphatic carbocycles. The number of benzene rings is 6. The van der Waals surface area contributed by atoms with E-state index in [1.54, 1.807) is 48.5 Å². The second-order valence-corrected chi connectivity index (χ2v) is 29.1. The molecule has 0 amide bonds. The van der Waals surface area contributed by atoms with Gasteiger partial charge in [-0.05, 0) is 221 Å². The van der Waals surface area contributed by atoms with Crippen molar-refractivity contribution in [1.29, 1.82) is 0 Å². The van der Waals surface area contributed by atoms with Gasteiger partial charge in [-0.1, -0.05) is 231 Å². The summed E-state index contributed by atoms with van der Waals surface area (Å²) in [7, 11) is 0. The van der Waals surface area contributed by atoms with Gasteiger partial charge < -0.3 is 39.4 Å². The minimum atomic E-state index is -1.20. The molecule has 12 nitrogen and oxygen atoms in total. The standard InChI is InChI=1S/2C44H60O6/c2*1-9-11-13-18-33-25-38(45)36(23-20-31(7)17-15-16-29(3)4)40(27-33)49-43(47)44(48)50-41-28-34(19-14-12-10-2)26-39(46)42(41)37-24-32(8)21-22-35(37)30(5)6/h2*21-22,24-29,31,45-46H,5,9-20,23H2,1-4,6-8H3/t2*31-/m10/s1. The summed E-state index contributed by atoms with van der Waals surface area (Å²) in [5.41, 5.74) is 11.3. The molecular formula is C88H120O12. The monoisotopic (exact) mass is 1370 g/mol. The summed E-state index contributed by atoms with van der Waals surface area (Å²) in [4.78, 5) is 54.1. The molecule has 0 unspecified atom stereocenters. The van der Waals surface area contributed by atoms with Gasteiger partial charge in [0, 0.05) is 11.1 Å². The van der Waals surface area contributed by atoms with Gasteiger partial charge in [0.15, 0.2) is 0 Å². The Morgan fingerprint density at radius 2 is 0.650 bits per heavy atom. The molecule has 0 heterocycles. The Labute approximate surface area is 600 Å². The Kier molecular flexibility index (Phi) is 34.8. The number of aryl methyl sites for hydroxylation is 6. The van der Waals surface area contributed by atoms with Crippen LogP contribution in [0.4, 0.5) is 0 Å². The first-order chi connectivity index (χ1) is 47.7. The molecule has 4 N–H and O–H groups in total. The molecule has 6 rings (SSSR count). The quantitative estimate of drug-likeness (QED) is 0.0125. The minimum Gasteiger partial charge on any atom is -0.508 e. The lowest BCUT2D eigenvalue weighted by Crippen LogP contribution is -2.26. The second kappa shape index (κ2) is 42.2. The minimum absolute atomic E-state index is 0.0437. The summed E-state index contributed by atoms with van der Waals surface area (Å²) >= 11 is 0. The predicted octanol–water partition coefficient (Wildman–Crippen LogP) is 23.0. The number of phenols is 4. The molecule has 6 aromatic carbocycles. The Morgan fingerprint density at radius 3 is 0.940 bits per heavy atom. The fourth-order valence-corrected chi connectivity index (χ4v) is 12.8. The van der Waals surface area contributed by atoms with Crippen molar-refractivity contribution in [1.82, 2.24) is 0 Å². The third-order valence-electron chi connectivity index (χ3n) is 18.7. The lowest BCUT2D eigenvalue weighted by molar-refractivity contribution is -0.156. The lowest BCUT2D eigenvalue weighted by Gasteiger charge is -2.18. The molecule has 0 fully saturated rings. The van der Waals surface area contributed by atoms with E-state index in [4.69, 9.17) is 18.9 Å². The van der Waals surface area contributed by atoms with Crippen LogP contribution in [0.1, 0.15) is 267 Å². The molecule has 0 aromatic heterocycles. The van der Waals surface area contributed by atoms with Crippen LogP contribution in [-0.4, -0.2) is 44.3 Å². The predicted molar refractivity (Wildman–Crippen MR) is 410 cm³/mol. The highest BCUT2D eigenvalue weighted by Crippen LogP contribution is 2.46. The molecule has 6 aromatic rings. The number of aromatic hydroxyl groups is 4. The van der Waals surface area contributed by atoms with Gasteiger partial charge in [-0.25, -0.2) is 19.2 Å². The highest BCUT2D eigenvalue weighted by atomic mass is 16.6. The van der Waals surface area contributed by atoms with E-state index in [1.165, 1.54) is 12.8 Å². The van der Waals surface area contributed by atoms with Crippen molar-refractivity contribution in [3.8, 4) is 68.2 Å². The molecule has 544 valence electrons. The molecule has 0 radical (unpaired) electrons. The first-order valence-electron chi connectivity index (χ1n) is 37.5. The first kappa shape index (κ1) is 82.5. The van der Waals surface area contributed by atoms with E-state index in [9.17, 15) is 39.6 Å². The van der Waals surface area contributed by atoms with Crippen LogP contribution in [0, 0.1) is 37.5 Å². The molecule has 12 heteroatoms. The zero-order valence-electron chi connectivity index (χ0n) is 63.2. The number of esters is 4. The topological polar surface area (TPSA) is 186 Å². The fourth-order valence-electron chi connectivity index (χ4n) is 12.8. The third-order valence-corrected chi connectivity index (χ3v) is 18.7. The van der Waals surface area contributed by atoms with Gasteiger partial charge in [-0.2, -0.15) is 0 Å². The number of allylic oxidation sites excluding steroid dienone is 2. The van der Waals surface area contributed by atoms with E-state index in [-0.39, 0.29) is 46.0 Å². The van der Waals surface area contributed by atoms with Crippen LogP contribution in [0.15, 0.2) is 98.1 Å². The number of carbonyl (C=O) groups is 4. The number of unbranched alkanes of at least 4 members (excludes halogenated alkanes) is 8. The maximum atomic E-state index is 13.5. The van der Waals surface area contributed by atoms with Gasteiger partial charge in [0.2, 0.25) is 0 Å². The van der Waals surface area contributed by atoms with Gasteiger partial charge in [0.05, 0.1) is 11.1 Å². The fraction of sp³-hybridized carbons (Fsp3) is 0.500. The van der Waals surface area contributed by atoms with Crippen molar-refractivity contribution in [2.24, 2.45) is 23.7 Å². The molecule has 0 spiro atoms. The van der Waals surface area contributed by atoms with E-state index in [2.05, 4.69) is 82.4 Å². The van der Waals surface area contributed by atoms with Crippen molar-refractivity contribution in [3.05, 3.63) is 154 Å². The maximum Gasteiger partial charge on any atom is 0.423 e. The number of phenolic OH excluding ortho intramolecular Hbond substituents is 4. The van der Waals surface area contributed by atoms with E-state index >= 15 is 0 Å². The van der Waals surface area contributed by atoms with Crippen molar-refractivity contribution >= 4 is 35.0 Å². The Hall–Kier alpha value is -8.12. The SMILES string of the molecule is C=C(C)c1ccc(C)cc1-c1c(O)cc(CCCCC)cc1OC(=O)C(=O)Oc1cc(CCCCC)cc(O)c1CC[C@@H](C)CCCC(C)C.C=C(C)c1ccc(C)cc1-c1c(O)cc(CCCCC)cc1OC(=O)C(=O)Oc1cc(CCCCC)cc(O)c1CC[C@H](C)CCCC(C)C. The normalized spacial score (nSPS) is 11.8. The maximum absolute atomic E-state index is 13.5. The zero-order chi connectivity index (χ0) is 73.6. The molecule has 0 aliphatic rings. The Morgan fingerprint density at radius 1 is 0.360 bits per heavy atom. The smallest absolute Gasteiger partial charge is 0.423 e. The summed E-state index contributed by atoms with van der Waals surface area (Å²) in [6.45, 7) is 37.7. The van der Waals surface area contributed by atoms with Gasteiger partial charge in [-0.15, -0.1) is 0 Å². The molecule has 0 saturated carbocycles. The lowest BCUT2D eigenvalue weighted by atomic mass is 9.91. The highest BCUT2D eigenvalue weighted by Gasteiger charge is 2.29. The largest absolute Gasteiger partial charge is 0.508 e. The number of hydrogen-bond donors (Lipinski definition) is 4. The van der Waals surface area contributed by atoms with E-state index in [0.717, 1.165) is 184 Å². The molecular weight excluding hydrogens is 1250 g/mol. The van der Waals surface area contributed by atoms with Gasteiger partial charge in [0.25, 0.3) is 0 Å². The summed E-state index contributed by atoms with van der Waals surface area (Å²) in [5.74, 6) is -2.02. The van der Waals surface area contributed by atoms with Gasteiger partial charge >= 0.3 is 23.9 Å². The number of rotatable bonds is 38. The Bertz CT molecular complexity index is 3440. The van der Waals surface area contributed by atoms with Crippen LogP contribution in [0.2, 0.25) is 0 Å². The van der Waals surface area contributed by atoms with Crippen molar-refractivity contribution in [3.63, 3.8) is 0 Å². The third kappa shape index (κ3) is 26.4. The number of hydrogen-bond acceptors (Lipinski definition) is 12. The van der Waals surface area contributed by atoms with Crippen LogP contribution >= 0.6 is 0 Å². The van der Waals surface area contributed by atoms with Gasteiger partial charge in [0.1, 0.15) is 46.0 Å². The number of carbonyl (C=O) groups excluding carboxylic acids is 4.